The second-order valence-corrected chi connectivity index (χ2v) is 12.2. The monoisotopic (exact) mass is 589 g/mol. The molecular weight excluding hydrogens is 554 g/mol. The van der Waals surface area contributed by atoms with Gasteiger partial charge < -0.3 is 34.3 Å². The Hall–Kier alpha value is -3.81. The molecule has 1 aliphatic rings. The number of ether oxygens (including phenoxy) is 3. The first-order valence-electron chi connectivity index (χ1n) is 13.1. The summed E-state index contributed by atoms with van der Waals surface area (Å²) in [6, 6.07) is 10.4. The molecule has 2 aromatic carbocycles. The van der Waals surface area contributed by atoms with Crippen LogP contribution in [0.2, 0.25) is 0 Å². The van der Waals surface area contributed by atoms with E-state index >= 15 is 0 Å². The predicted molar refractivity (Wildman–Crippen MR) is 148 cm³/mol. The number of sulfonamides is 1. The van der Waals surface area contributed by atoms with E-state index in [0.29, 0.717) is 23.0 Å². The van der Waals surface area contributed by atoms with E-state index in [1.807, 2.05) is 27.7 Å². The molecule has 2 heterocycles. The van der Waals surface area contributed by atoms with Gasteiger partial charge in [-0.05, 0) is 56.0 Å². The van der Waals surface area contributed by atoms with Crippen molar-refractivity contribution in [3.63, 3.8) is 0 Å². The number of hydrogen-bond donors (Lipinski definition) is 3. The Morgan fingerprint density at radius 3 is 2.44 bits per heavy atom. The van der Waals surface area contributed by atoms with Gasteiger partial charge >= 0.3 is 6.09 Å². The van der Waals surface area contributed by atoms with Gasteiger partial charge in [-0.15, -0.1) is 0 Å². The summed E-state index contributed by atoms with van der Waals surface area (Å²) in [5.74, 6) is 1.98. The van der Waals surface area contributed by atoms with E-state index in [1.54, 1.807) is 24.3 Å². The topological polar surface area (TPSA) is 161 Å². The fourth-order valence-corrected chi connectivity index (χ4v) is 6.12. The molecule has 3 N–H and O–H groups in total. The van der Waals surface area contributed by atoms with Crippen molar-refractivity contribution in [2.75, 3.05) is 19.9 Å². The first kappa shape index (κ1) is 30.2. The standard InChI is InChI=1S/C28H35N3O9S/c1-17(2)13-31(41(35,36)22-9-10-26-27(12-22)39-16-38-26)14-25(32)24(29-28(33)34)11-20-5-7-21(8-6-20)37-15-23-18(3)30-40-19(23)4/h5-10,12,17,24-25,29,32H,11,13-16H2,1-4H3,(H,33,34)/t24-,25+/m0/s1. The van der Waals surface area contributed by atoms with Crippen LogP contribution in [0.5, 0.6) is 17.2 Å². The summed E-state index contributed by atoms with van der Waals surface area (Å²) < 4.78 is 49.9. The van der Waals surface area contributed by atoms with Crippen LogP contribution in [0.4, 0.5) is 4.79 Å². The normalized spacial score (nSPS) is 14.3. The molecule has 4 rings (SSSR count). The van der Waals surface area contributed by atoms with Crippen LogP contribution in [0, 0.1) is 19.8 Å². The number of hydrogen-bond acceptors (Lipinski definition) is 9. The van der Waals surface area contributed by atoms with Crippen LogP contribution in [-0.2, 0) is 23.1 Å². The molecule has 0 unspecified atom stereocenters. The number of nitrogens with zero attached hydrogens (tertiary/aromatic N) is 2. The van der Waals surface area contributed by atoms with Gasteiger partial charge in [-0.2, -0.15) is 4.31 Å². The zero-order valence-electron chi connectivity index (χ0n) is 23.4. The van der Waals surface area contributed by atoms with Crippen LogP contribution in [0.1, 0.15) is 36.4 Å². The number of nitrogens with one attached hydrogen (secondary N) is 1. The molecule has 0 bridgehead atoms. The third-order valence-corrected chi connectivity index (χ3v) is 8.49. The summed E-state index contributed by atoms with van der Waals surface area (Å²) in [7, 11) is -4.05. The van der Waals surface area contributed by atoms with Gasteiger partial charge in [-0.25, -0.2) is 13.2 Å². The van der Waals surface area contributed by atoms with E-state index in [-0.39, 0.29) is 43.7 Å². The highest BCUT2D eigenvalue weighted by Crippen LogP contribution is 2.35. The number of carbonyl (C=O) groups is 1. The van der Waals surface area contributed by atoms with Crippen molar-refractivity contribution in [3.8, 4) is 17.2 Å². The molecule has 1 aliphatic heterocycles. The number of benzene rings is 2. The summed E-state index contributed by atoms with van der Waals surface area (Å²) in [4.78, 5) is 11.6. The van der Waals surface area contributed by atoms with Crippen LogP contribution in [-0.4, -0.2) is 66.2 Å². The number of aliphatic hydroxyl groups is 1. The largest absolute Gasteiger partial charge is 0.489 e. The molecule has 1 aromatic heterocycles. The van der Waals surface area contributed by atoms with Gasteiger partial charge in [0.25, 0.3) is 0 Å². The van der Waals surface area contributed by atoms with Gasteiger partial charge in [-0.1, -0.05) is 31.1 Å². The summed E-state index contributed by atoms with van der Waals surface area (Å²) >= 11 is 0. The second kappa shape index (κ2) is 12.8. The maximum absolute atomic E-state index is 13.6. The molecule has 3 aromatic rings. The van der Waals surface area contributed by atoms with Gasteiger partial charge in [0, 0.05) is 19.2 Å². The summed E-state index contributed by atoms with van der Waals surface area (Å²) in [6.07, 6.45) is -2.55. The van der Waals surface area contributed by atoms with Gasteiger partial charge in [0.15, 0.2) is 11.5 Å². The summed E-state index contributed by atoms with van der Waals surface area (Å²) in [5, 5.41) is 26.9. The van der Waals surface area contributed by atoms with Gasteiger partial charge in [0.1, 0.15) is 18.1 Å². The lowest BCUT2D eigenvalue weighted by Gasteiger charge is -2.30. The van der Waals surface area contributed by atoms with E-state index in [4.69, 9.17) is 18.7 Å². The minimum absolute atomic E-state index is 0.00408. The third-order valence-electron chi connectivity index (χ3n) is 6.66. The average Bonchev–Trinajstić information content (AvgIpc) is 3.52. The Morgan fingerprint density at radius 2 is 1.80 bits per heavy atom. The highest BCUT2D eigenvalue weighted by molar-refractivity contribution is 7.89. The molecule has 0 aliphatic carbocycles. The zero-order chi connectivity index (χ0) is 29.7. The number of fused-ring (bicyclic) bond motifs is 1. The van der Waals surface area contributed by atoms with Crippen LogP contribution in [0.3, 0.4) is 0 Å². The molecule has 222 valence electrons. The van der Waals surface area contributed by atoms with Crippen molar-refractivity contribution in [2.24, 2.45) is 5.92 Å². The Kier molecular flexibility index (Phi) is 9.41. The second-order valence-electron chi connectivity index (χ2n) is 10.3. The first-order chi connectivity index (χ1) is 19.4. The van der Waals surface area contributed by atoms with Crippen LogP contribution >= 0.6 is 0 Å². The molecule has 0 saturated carbocycles. The number of amides is 1. The molecule has 0 fully saturated rings. The molecule has 13 heteroatoms. The van der Waals surface area contributed by atoms with E-state index in [2.05, 4.69) is 10.5 Å². The fourth-order valence-electron chi connectivity index (χ4n) is 4.48. The molecule has 41 heavy (non-hydrogen) atoms. The number of carboxylic acid groups (broad SMARTS) is 1. The molecule has 0 spiro atoms. The minimum atomic E-state index is -4.05. The van der Waals surface area contributed by atoms with Crippen molar-refractivity contribution < 1.29 is 42.2 Å². The van der Waals surface area contributed by atoms with Crippen molar-refractivity contribution >= 4 is 16.1 Å². The summed E-state index contributed by atoms with van der Waals surface area (Å²) in [6.45, 7) is 7.44. The zero-order valence-corrected chi connectivity index (χ0v) is 24.2. The fraction of sp³-hybridized carbons (Fsp3) is 0.429. The van der Waals surface area contributed by atoms with E-state index in [1.165, 1.54) is 22.5 Å². The van der Waals surface area contributed by atoms with E-state index in [9.17, 15) is 23.4 Å². The lowest BCUT2D eigenvalue weighted by Crippen LogP contribution is -2.50. The maximum atomic E-state index is 13.6. The first-order valence-corrected chi connectivity index (χ1v) is 14.6. The van der Waals surface area contributed by atoms with Crippen molar-refractivity contribution in [1.29, 1.82) is 0 Å². The number of rotatable bonds is 13. The molecular formula is C28H35N3O9S. The Balaban J connectivity index is 1.47. The van der Waals surface area contributed by atoms with Gasteiger partial charge in [0.2, 0.25) is 16.8 Å². The Labute approximate surface area is 238 Å². The van der Waals surface area contributed by atoms with Gasteiger partial charge in [0.05, 0.1) is 28.3 Å². The van der Waals surface area contributed by atoms with Crippen LogP contribution < -0.4 is 19.5 Å². The molecule has 12 nitrogen and oxygen atoms in total. The van der Waals surface area contributed by atoms with E-state index in [0.717, 1.165) is 16.8 Å². The van der Waals surface area contributed by atoms with E-state index < -0.39 is 28.3 Å². The quantitative estimate of drug-likeness (QED) is 0.269. The lowest BCUT2D eigenvalue weighted by molar-refractivity contribution is 0.0980. The molecule has 0 saturated heterocycles. The van der Waals surface area contributed by atoms with Crippen molar-refractivity contribution in [2.45, 2.75) is 57.8 Å². The SMILES string of the molecule is Cc1noc(C)c1COc1ccc(C[C@H](NC(=O)O)[C@H](O)CN(CC(C)C)S(=O)(=O)c2ccc3c(c2)OCO3)cc1. The molecule has 2 atom stereocenters. The highest BCUT2D eigenvalue weighted by atomic mass is 32.2. The predicted octanol–water partition coefficient (Wildman–Crippen LogP) is 3.49. The highest BCUT2D eigenvalue weighted by Gasteiger charge is 2.32. The maximum Gasteiger partial charge on any atom is 0.404 e. The Bertz CT molecular complexity index is 1440. The number of aromatic nitrogens is 1. The average molecular weight is 590 g/mol. The van der Waals surface area contributed by atoms with Crippen molar-refractivity contribution in [3.05, 3.63) is 65.0 Å². The molecule has 0 radical (unpaired) electrons. The number of aliphatic hydroxyl groups excluding tert-OH is 1. The van der Waals surface area contributed by atoms with Crippen LogP contribution in [0.25, 0.3) is 0 Å². The van der Waals surface area contributed by atoms with Gasteiger partial charge in [-0.3, -0.25) is 0 Å². The Morgan fingerprint density at radius 1 is 1.10 bits per heavy atom. The smallest absolute Gasteiger partial charge is 0.404 e. The van der Waals surface area contributed by atoms with Crippen molar-refractivity contribution in [1.82, 2.24) is 14.8 Å². The lowest BCUT2D eigenvalue weighted by atomic mass is 10.0. The number of aryl methyl sites for hydroxylation is 2. The molecule has 1 amide bonds. The van der Waals surface area contributed by atoms with Crippen LogP contribution in [0.15, 0.2) is 51.9 Å². The summed E-state index contributed by atoms with van der Waals surface area (Å²) in [5.41, 5.74) is 2.34. The third kappa shape index (κ3) is 7.48. The minimum Gasteiger partial charge on any atom is -0.489 e.